The molecular formula is C13H15BBrN. The van der Waals surface area contributed by atoms with Crippen LogP contribution in [-0.4, -0.2) is 6.71 Å². The van der Waals surface area contributed by atoms with Crippen molar-refractivity contribution in [2.45, 2.75) is 38.3 Å². The zero-order valence-electron chi connectivity index (χ0n) is 9.54. The molecule has 1 aromatic carbocycles. The van der Waals surface area contributed by atoms with Crippen molar-refractivity contribution in [3.8, 4) is 5.97 Å². The number of nitrogens with zero attached hydrogens (tertiary/aromatic N) is 1. The van der Waals surface area contributed by atoms with Crippen molar-refractivity contribution in [3.05, 3.63) is 33.8 Å². The van der Waals surface area contributed by atoms with Gasteiger partial charge in [0.2, 0.25) is 0 Å². The molecule has 1 heterocycles. The van der Waals surface area contributed by atoms with E-state index in [-0.39, 0.29) is 6.71 Å². The summed E-state index contributed by atoms with van der Waals surface area (Å²) in [5.41, 5.74) is 2.60. The lowest BCUT2D eigenvalue weighted by Gasteiger charge is -2.25. The van der Waals surface area contributed by atoms with Gasteiger partial charge in [-0.1, -0.05) is 59.2 Å². The molecule has 1 aliphatic rings. The predicted octanol–water partition coefficient (Wildman–Crippen LogP) is 4.12. The van der Waals surface area contributed by atoms with Crippen molar-refractivity contribution >= 4 is 22.6 Å². The molecule has 0 radical (unpaired) electrons. The van der Waals surface area contributed by atoms with Gasteiger partial charge in [0.25, 0.3) is 6.71 Å². The number of benzene rings is 1. The Morgan fingerprint density at radius 3 is 2.94 bits per heavy atom. The molecule has 1 aromatic rings. The van der Waals surface area contributed by atoms with E-state index in [1.165, 1.54) is 30.4 Å². The first kappa shape index (κ1) is 11.7. The minimum Gasteiger partial charge on any atom is -0.213 e. The number of hydrogen-bond donors (Lipinski definition) is 0. The van der Waals surface area contributed by atoms with E-state index >= 15 is 0 Å². The number of rotatable bonds is 1. The van der Waals surface area contributed by atoms with E-state index in [2.05, 4.69) is 47.0 Å². The Hall–Kier alpha value is -0.745. The van der Waals surface area contributed by atoms with Gasteiger partial charge in [0.1, 0.15) is 0 Å². The van der Waals surface area contributed by atoms with Crippen LogP contribution in [0.3, 0.4) is 0 Å². The Balaban J connectivity index is 2.28. The van der Waals surface area contributed by atoms with Crippen LogP contribution in [0.25, 0.3) is 0 Å². The summed E-state index contributed by atoms with van der Waals surface area (Å²) in [6.07, 6.45) is 4.71. The topological polar surface area (TPSA) is 23.8 Å². The highest BCUT2D eigenvalue weighted by molar-refractivity contribution is 9.10. The minimum absolute atomic E-state index is 0.217. The van der Waals surface area contributed by atoms with Gasteiger partial charge in [-0.05, 0) is 24.4 Å². The smallest absolute Gasteiger partial charge is 0.213 e. The maximum absolute atomic E-state index is 9.19. The molecule has 1 nitrogen and oxygen atoms in total. The summed E-state index contributed by atoms with van der Waals surface area (Å²) in [5, 5.41) is 9.19. The second kappa shape index (κ2) is 5.06. The highest BCUT2D eigenvalue weighted by Crippen LogP contribution is 2.33. The van der Waals surface area contributed by atoms with Gasteiger partial charge in [0.05, 0.1) is 0 Å². The van der Waals surface area contributed by atoms with Crippen molar-refractivity contribution < 1.29 is 0 Å². The van der Waals surface area contributed by atoms with Gasteiger partial charge in [-0.15, -0.1) is 0 Å². The highest BCUT2D eigenvalue weighted by atomic mass is 79.9. The van der Waals surface area contributed by atoms with Crippen LogP contribution in [0.1, 0.15) is 36.2 Å². The molecule has 0 aliphatic carbocycles. The van der Waals surface area contributed by atoms with Gasteiger partial charge in [-0.25, -0.2) is 5.26 Å². The molecule has 1 saturated heterocycles. The van der Waals surface area contributed by atoms with Crippen LogP contribution in [0.2, 0.25) is 6.32 Å². The standard InChI is InChI=1S/C13H15BBrN/c1-10-8-11(5-6-13(10)15)12-4-2-3-7-14(12)9-16/h5-6,8,12H,2-4,7H2,1H3. The maximum atomic E-state index is 9.19. The summed E-state index contributed by atoms with van der Waals surface area (Å²) in [6.45, 7) is 2.33. The normalized spacial score (nSPS) is 20.6. The Morgan fingerprint density at radius 2 is 2.25 bits per heavy atom. The second-order valence-electron chi connectivity index (χ2n) is 4.64. The lowest BCUT2D eigenvalue weighted by Crippen LogP contribution is -2.25. The van der Waals surface area contributed by atoms with Crippen molar-refractivity contribution in [2.24, 2.45) is 0 Å². The molecular weight excluding hydrogens is 261 g/mol. The molecule has 1 aliphatic heterocycles. The van der Waals surface area contributed by atoms with Crippen molar-refractivity contribution in [2.75, 3.05) is 0 Å². The molecule has 1 atom stereocenters. The van der Waals surface area contributed by atoms with Gasteiger partial charge < -0.3 is 0 Å². The molecule has 0 N–H and O–H groups in total. The summed E-state index contributed by atoms with van der Waals surface area (Å²) in [4.78, 5) is 0. The van der Waals surface area contributed by atoms with Crippen LogP contribution in [0.15, 0.2) is 22.7 Å². The number of halogens is 1. The number of nitriles is 1. The fourth-order valence-corrected chi connectivity index (χ4v) is 2.83. The molecule has 0 bridgehead atoms. The van der Waals surface area contributed by atoms with Gasteiger partial charge in [0, 0.05) is 10.4 Å². The first-order chi connectivity index (χ1) is 7.72. The van der Waals surface area contributed by atoms with Crippen LogP contribution >= 0.6 is 15.9 Å². The molecule has 1 unspecified atom stereocenters. The molecule has 0 aromatic heterocycles. The van der Waals surface area contributed by atoms with E-state index in [1.807, 2.05) is 0 Å². The van der Waals surface area contributed by atoms with Gasteiger partial charge >= 0.3 is 0 Å². The van der Waals surface area contributed by atoms with E-state index in [1.54, 1.807) is 0 Å². The van der Waals surface area contributed by atoms with Crippen molar-refractivity contribution in [3.63, 3.8) is 0 Å². The first-order valence-electron chi connectivity index (χ1n) is 5.88. The van der Waals surface area contributed by atoms with E-state index in [0.717, 1.165) is 10.8 Å². The monoisotopic (exact) mass is 275 g/mol. The average Bonchev–Trinajstić information content (AvgIpc) is 2.32. The van der Waals surface area contributed by atoms with E-state index in [0.29, 0.717) is 5.82 Å². The molecule has 3 heteroatoms. The molecule has 0 amide bonds. The van der Waals surface area contributed by atoms with E-state index in [9.17, 15) is 5.26 Å². The third kappa shape index (κ3) is 2.33. The third-order valence-electron chi connectivity index (χ3n) is 3.54. The summed E-state index contributed by atoms with van der Waals surface area (Å²) < 4.78 is 1.15. The fraction of sp³-hybridized carbons (Fsp3) is 0.462. The molecule has 16 heavy (non-hydrogen) atoms. The Bertz CT molecular complexity index is 424. The molecule has 0 saturated carbocycles. The second-order valence-corrected chi connectivity index (χ2v) is 5.49. The minimum atomic E-state index is 0.217. The Morgan fingerprint density at radius 1 is 1.44 bits per heavy atom. The molecule has 0 spiro atoms. The van der Waals surface area contributed by atoms with E-state index in [4.69, 9.17) is 0 Å². The quantitative estimate of drug-likeness (QED) is 0.708. The van der Waals surface area contributed by atoms with Crippen LogP contribution in [0, 0.1) is 18.2 Å². The zero-order chi connectivity index (χ0) is 11.5. The van der Waals surface area contributed by atoms with Crippen molar-refractivity contribution in [1.82, 2.24) is 0 Å². The van der Waals surface area contributed by atoms with Gasteiger partial charge in [-0.3, -0.25) is 0 Å². The first-order valence-corrected chi connectivity index (χ1v) is 6.67. The molecule has 1 fully saturated rings. The number of aryl methyl sites for hydroxylation is 1. The predicted molar refractivity (Wildman–Crippen MR) is 71.6 cm³/mol. The fourth-order valence-electron chi connectivity index (χ4n) is 2.58. The number of hydrogen-bond acceptors (Lipinski definition) is 1. The molecule has 82 valence electrons. The maximum Gasteiger partial charge on any atom is 0.275 e. The highest BCUT2D eigenvalue weighted by Gasteiger charge is 2.30. The molecule has 2 rings (SSSR count). The van der Waals surface area contributed by atoms with Crippen molar-refractivity contribution in [1.29, 1.82) is 5.26 Å². The zero-order valence-corrected chi connectivity index (χ0v) is 11.1. The Labute approximate surface area is 106 Å². The van der Waals surface area contributed by atoms with Crippen LogP contribution in [0.5, 0.6) is 0 Å². The third-order valence-corrected chi connectivity index (χ3v) is 4.43. The van der Waals surface area contributed by atoms with Gasteiger partial charge in [-0.2, -0.15) is 0 Å². The summed E-state index contributed by atoms with van der Waals surface area (Å²) in [5.74, 6) is 2.92. The Kier molecular flexibility index (Phi) is 3.71. The van der Waals surface area contributed by atoms with Crippen LogP contribution in [-0.2, 0) is 0 Å². The van der Waals surface area contributed by atoms with E-state index < -0.39 is 0 Å². The van der Waals surface area contributed by atoms with Crippen LogP contribution in [0.4, 0.5) is 0 Å². The SMILES string of the molecule is Cc1cc(C2CCCCB2C#N)ccc1Br. The summed E-state index contributed by atoms with van der Waals surface area (Å²) >= 11 is 3.52. The average molecular weight is 276 g/mol. The lowest BCUT2D eigenvalue weighted by atomic mass is 9.35. The summed E-state index contributed by atoms with van der Waals surface area (Å²) in [6, 6.07) is 6.50. The van der Waals surface area contributed by atoms with Gasteiger partial charge in [0.15, 0.2) is 0 Å². The summed E-state index contributed by atoms with van der Waals surface area (Å²) in [7, 11) is 0. The lowest BCUT2D eigenvalue weighted by molar-refractivity contribution is 0.650. The largest absolute Gasteiger partial charge is 0.275 e. The van der Waals surface area contributed by atoms with Crippen LogP contribution < -0.4 is 0 Å².